The van der Waals surface area contributed by atoms with Crippen LogP contribution < -0.4 is 10.1 Å². The smallest absolute Gasteiger partial charge is 0.341 e. The Labute approximate surface area is 189 Å². The molecule has 150 valence electrons. The van der Waals surface area contributed by atoms with Gasteiger partial charge in [-0.15, -0.1) is 11.3 Å². The van der Waals surface area contributed by atoms with Crippen LogP contribution in [0.25, 0.3) is 11.1 Å². The third-order valence-corrected chi connectivity index (χ3v) is 6.18. The molecule has 3 aromatic rings. The lowest BCUT2D eigenvalue weighted by Crippen LogP contribution is -2.21. The predicted molar refractivity (Wildman–Crippen MR) is 122 cm³/mol. The molecular weight excluding hydrogens is 522 g/mol. The molecular formula is C21H17Br2NO4S. The van der Waals surface area contributed by atoms with Crippen molar-refractivity contribution in [1.82, 2.24) is 0 Å². The molecule has 2 aromatic carbocycles. The Morgan fingerprint density at radius 2 is 1.83 bits per heavy atom. The lowest BCUT2D eigenvalue weighted by Gasteiger charge is -2.10. The number of nitrogens with one attached hydrogen (secondary N) is 1. The molecule has 0 aliphatic heterocycles. The van der Waals surface area contributed by atoms with E-state index in [0.29, 0.717) is 16.3 Å². The highest BCUT2D eigenvalue weighted by Crippen LogP contribution is 2.40. The average molecular weight is 539 g/mol. The fourth-order valence-corrected chi connectivity index (χ4v) is 5.02. The van der Waals surface area contributed by atoms with Crippen LogP contribution >= 0.6 is 43.2 Å². The highest BCUT2D eigenvalue weighted by molar-refractivity contribution is 9.11. The molecule has 0 aliphatic carbocycles. The molecule has 0 bridgehead atoms. The molecule has 0 aliphatic rings. The van der Waals surface area contributed by atoms with Crippen molar-refractivity contribution in [2.45, 2.75) is 6.92 Å². The number of thiophene rings is 1. The number of carbonyl (C=O) groups is 2. The average Bonchev–Trinajstić information content (AvgIpc) is 3.02. The molecule has 0 spiro atoms. The summed E-state index contributed by atoms with van der Waals surface area (Å²) in [6.07, 6.45) is 0. The van der Waals surface area contributed by atoms with E-state index in [1.807, 2.05) is 49.4 Å². The lowest BCUT2D eigenvalue weighted by atomic mass is 10.0. The maximum absolute atomic E-state index is 12.5. The highest BCUT2D eigenvalue weighted by atomic mass is 79.9. The summed E-state index contributed by atoms with van der Waals surface area (Å²) >= 11 is 8.10. The molecule has 1 heterocycles. The van der Waals surface area contributed by atoms with Crippen molar-refractivity contribution in [2.24, 2.45) is 0 Å². The second-order valence-corrected chi connectivity index (χ2v) is 9.00. The van der Waals surface area contributed by atoms with Crippen LogP contribution in [0.15, 0.2) is 57.5 Å². The molecule has 8 heteroatoms. The van der Waals surface area contributed by atoms with E-state index in [1.165, 1.54) is 18.4 Å². The number of ether oxygens (including phenoxy) is 2. The monoisotopic (exact) mass is 537 g/mol. The van der Waals surface area contributed by atoms with E-state index in [4.69, 9.17) is 9.47 Å². The summed E-state index contributed by atoms with van der Waals surface area (Å²) in [6.45, 7) is 1.71. The number of benzene rings is 2. The molecule has 5 nitrogen and oxygen atoms in total. The van der Waals surface area contributed by atoms with Gasteiger partial charge >= 0.3 is 5.97 Å². The summed E-state index contributed by atoms with van der Waals surface area (Å²) < 4.78 is 12.2. The van der Waals surface area contributed by atoms with E-state index < -0.39 is 5.97 Å². The molecule has 1 N–H and O–H groups in total. The third kappa shape index (κ3) is 5.07. The molecule has 0 unspecified atom stereocenters. The normalized spacial score (nSPS) is 10.5. The van der Waals surface area contributed by atoms with E-state index >= 15 is 0 Å². The first-order valence-corrected chi connectivity index (χ1v) is 11.0. The SMILES string of the molecule is COC(=O)c1c(NC(=O)COc2ccc(Br)cc2Br)sc(C)c1-c1ccccc1. The van der Waals surface area contributed by atoms with Crippen molar-refractivity contribution in [3.63, 3.8) is 0 Å². The number of anilines is 1. The van der Waals surface area contributed by atoms with E-state index in [1.54, 1.807) is 6.07 Å². The summed E-state index contributed by atoms with van der Waals surface area (Å²) in [4.78, 5) is 25.9. The van der Waals surface area contributed by atoms with E-state index in [9.17, 15) is 9.59 Å². The first-order chi connectivity index (χ1) is 13.9. The van der Waals surface area contributed by atoms with Crippen LogP contribution in [0.4, 0.5) is 5.00 Å². The molecule has 1 aromatic heterocycles. The van der Waals surface area contributed by atoms with Crippen molar-refractivity contribution >= 4 is 60.1 Å². The van der Waals surface area contributed by atoms with Crippen molar-refractivity contribution in [2.75, 3.05) is 19.0 Å². The lowest BCUT2D eigenvalue weighted by molar-refractivity contribution is -0.118. The largest absolute Gasteiger partial charge is 0.483 e. The third-order valence-electron chi connectivity index (χ3n) is 4.04. The summed E-state index contributed by atoms with van der Waals surface area (Å²) in [6, 6.07) is 14.9. The fraction of sp³-hybridized carbons (Fsp3) is 0.143. The first kappa shape index (κ1) is 21.5. The van der Waals surface area contributed by atoms with E-state index in [-0.39, 0.29) is 12.5 Å². The number of esters is 1. The minimum absolute atomic E-state index is 0.196. The van der Waals surface area contributed by atoms with Crippen LogP contribution in [0.3, 0.4) is 0 Å². The molecule has 0 saturated heterocycles. The Morgan fingerprint density at radius 3 is 2.48 bits per heavy atom. The number of carbonyl (C=O) groups excluding carboxylic acids is 2. The summed E-state index contributed by atoms with van der Waals surface area (Å²) in [5.74, 6) is -0.324. The molecule has 0 saturated carbocycles. The molecule has 3 rings (SSSR count). The Kier molecular flexibility index (Phi) is 7.10. The Balaban J connectivity index is 1.83. The van der Waals surface area contributed by atoms with E-state index in [0.717, 1.165) is 24.9 Å². The van der Waals surface area contributed by atoms with Gasteiger partial charge < -0.3 is 14.8 Å². The summed E-state index contributed by atoms with van der Waals surface area (Å²) in [5.41, 5.74) is 1.99. The van der Waals surface area contributed by atoms with Crippen molar-refractivity contribution in [1.29, 1.82) is 0 Å². The van der Waals surface area contributed by atoms with Crippen molar-refractivity contribution < 1.29 is 19.1 Å². The van der Waals surface area contributed by atoms with Gasteiger partial charge in [0, 0.05) is 14.9 Å². The Hall–Kier alpha value is -2.16. The second-order valence-electron chi connectivity index (χ2n) is 6.01. The number of rotatable bonds is 6. The van der Waals surface area contributed by atoms with Crippen LogP contribution in [-0.2, 0) is 9.53 Å². The number of halogens is 2. The number of methoxy groups -OCH3 is 1. The number of hydrogen-bond acceptors (Lipinski definition) is 5. The number of amides is 1. The zero-order chi connectivity index (χ0) is 21.0. The van der Waals surface area contributed by atoms with Crippen LogP contribution in [0, 0.1) is 6.92 Å². The van der Waals surface area contributed by atoms with Crippen molar-refractivity contribution in [3.05, 3.63) is 67.9 Å². The van der Waals surface area contributed by atoms with Gasteiger partial charge in [-0.05, 0) is 46.6 Å². The molecule has 1 amide bonds. The van der Waals surface area contributed by atoms with Crippen molar-refractivity contribution in [3.8, 4) is 16.9 Å². The van der Waals surface area contributed by atoms with Crippen LogP contribution in [0.1, 0.15) is 15.2 Å². The Bertz CT molecular complexity index is 1050. The molecule has 0 atom stereocenters. The highest BCUT2D eigenvalue weighted by Gasteiger charge is 2.25. The number of aryl methyl sites for hydroxylation is 1. The van der Waals surface area contributed by atoms with Gasteiger partial charge in [-0.3, -0.25) is 4.79 Å². The van der Waals surface area contributed by atoms with Crippen LogP contribution in [-0.4, -0.2) is 25.6 Å². The quantitative estimate of drug-likeness (QED) is 0.388. The minimum atomic E-state index is -0.500. The van der Waals surface area contributed by atoms with Crippen LogP contribution in [0.2, 0.25) is 0 Å². The topological polar surface area (TPSA) is 64.6 Å². The fourth-order valence-electron chi connectivity index (χ4n) is 2.78. The predicted octanol–water partition coefficient (Wildman–Crippen LogP) is 6.05. The summed E-state index contributed by atoms with van der Waals surface area (Å²) in [7, 11) is 1.32. The molecule has 0 radical (unpaired) electrons. The van der Waals surface area contributed by atoms with Gasteiger partial charge in [-0.1, -0.05) is 46.3 Å². The van der Waals surface area contributed by atoms with Gasteiger partial charge in [0.05, 0.1) is 11.6 Å². The molecule has 29 heavy (non-hydrogen) atoms. The zero-order valence-corrected chi connectivity index (χ0v) is 19.6. The zero-order valence-electron chi connectivity index (χ0n) is 15.6. The van der Waals surface area contributed by atoms with E-state index in [2.05, 4.69) is 37.2 Å². The summed E-state index contributed by atoms with van der Waals surface area (Å²) in [5, 5.41) is 3.23. The van der Waals surface area contributed by atoms with Gasteiger partial charge in [0.25, 0.3) is 5.91 Å². The minimum Gasteiger partial charge on any atom is -0.483 e. The second kappa shape index (κ2) is 9.56. The maximum atomic E-state index is 12.5. The van der Waals surface area contributed by atoms with Gasteiger partial charge in [0.15, 0.2) is 6.61 Å². The Morgan fingerprint density at radius 1 is 1.10 bits per heavy atom. The standard InChI is InChI=1S/C21H17Br2NO4S/c1-12-18(13-6-4-3-5-7-13)19(21(26)27-2)20(29-12)24-17(25)11-28-16-9-8-14(22)10-15(16)23/h3-10H,11H2,1-2H3,(H,24,25). The van der Waals surface area contributed by atoms with Crippen LogP contribution in [0.5, 0.6) is 5.75 Å². The first-order valence-electron chi connectivity index (χ1n) is 8.55. The van der Waals surface area contributed by atoms with Gasteiger partial charge in [0.1, 0.15) is 16.3 Å². The van der Waals surface area contributed by atoms with Gasteiger partial charge in [-0.2, -0.15) is 0 Å². The molecule has 0 fully saturated rings. The van der Waals surface area contributed by atoms with Gasteiger partial charge in [0.2, 0.25) is 0 Å². The number of hydrogen-bond donors (Lipinski definition) is 1. The van der Waals surface area contributed by atoms with Gasteiger partial charge in [-0.25, -0.2) is 4.79 Å². The maximum Gasteiger partial charge on any atom is 0.341 e.